The Kier molecular flexibility index (Phi) is 4.14. The number of H-pyrrole nitrogens is 1. The van der Waals surface area contributed by atoms with Gasteiger partial charge in [-0.1, -0.05) is 0 Å². The molecule has 7 heteroatoms. The predicted molar refractivity (Wildman–Crippen MR) is 99.7 cm³/mol. The zero-order valence-corrected chi connectivity index (χ0v) is 15.6. The van der Waals surface area contributed by atoms with Gasteiger partial charge in [-0.3, -0.25) is 4.79 Å². The van der Waals surface area contributed by atoms with Gasteiger partial charge < -0.3 is 19.9 Å². The van der Waals surface area contributed by atoms with E-state index < -0.39 is 5.41 Å². The number of nitrogens with zero attached hydrogens (tertiary/aromatic N) is 4. The van der Waals surface area contributed by atoms with Crippen molar-refractivity contribution in [3.63, 3.8) is 0 Å². The molecule has 1 aliphatic heterocycles. The van der Waals surface area contributed by atoms with Crippen LogP contribution in [0.2, 0.25) is 0 Å². The lowest BCUT2D eigenvalue weighted by Crippen LogP contribution is -2.42. The molecule has 3 heterocycles. The topological polar surface area (TPSA) is 85.4 Å². The van der Waals surface area contributed by atoms with E-state index in [1.807, 2.05) is 31.0 Å². The lowest BCUT2D eigenvalue weighted by Gasteiger charge is -2.30. The Bertz CT molecular complexity index is 803. The summed E-state index contributed by atoms with van der Waals surface area (Å²) in [6.45, 7) is 5.14. The van der Waals surface area contributed by atoms with Gasteiger partial charge in [0.2, 0.25) is 5.91 Å². The van der Waals surface area contributed by atoms with E-state index in [9.17, 15) is 9.90 Å². The molecule has 0 radical (unpaired) electrons. The number of fused-ring (bicyclic) bond motifs is 2. The van der Waals surface area contributed by atoms with Crippen LogP contribution in [0.4, 0.5) is 5.82 Å². The van der Waals surface area contributed by atoms with E-state index in [1.54, 1.807) is 6.33 Å². The van der Waals surface area contributed by atoms with E-state index in [1.165, 1.54) is 0 Å². The van der Waals surface area contributed by atoms with E-state index >= 15 is 0 Å². The first-order valence-corrected chi connectivity index (χ1v) is 9.32. The number of hydrogen-bond donors (Lipinski definition) is 2. The summed E-state index contributed by atoms with van der Waals surface area (Å²) < 4.78 is 0. The molecule has 0 spiro atoms. The average molecular weight is 357 g/mol. The third-order valence-corrected chi connectivity index (χ3v) is 6.20. The Morgan fingerprint density at radius 1 is 1.35 bits per heavy atom. The summed E-state index contributed by atoms with van der Waals surface area (Å²) in [6.07, 6.45) is 5.64. The van der Waals surface area contributed by atoms with Crippen LogP contribution < -0.4 is 4.90 Å². The van der Waals surface area contributed by atoms with Crippen LogP contribution in [0.1, 0.15) is 26.7 Å². The van der Waals surface area contributed by atoms with E-state index in [0.717, 1.165) is 42.8 Å². The summed E-state index contributed by atoms with van der Waals surface area (Å²) in [5.74, 6) is 2.11. The highest BCUT2D eigenvalue weighted by molar-refractivity contribution is 5.87. The first-order valence-electron chi connectivity index (χ1n) is 9.32. The predicted octanol–water partition coefficient (Wildman–Crippen LogP) is 1.65. The molecule has 140 valence electrons. The van der Waals surface area contributed by atoms with Crippen molar-refractivity contribution in [2.75, 3.05) is 31.6 Å². The molecule has 1 saturated carbocycles. The summed E-state index contributed by atoms with van der Waals surface area (Å²) in [6, 6.07) is 2.45. The van der Waals surface area contributed by atoms with Crippen LogP contribution in [0.5, 0.6) is 0 Å². The molecule has 3 atom stereocenters. The van der Waals surface area contributed by atoms with Crippen molar-refractivity contribution >= 4 is 22.8 Å². The van der Waals surface area contributed by atoms with Crippen molar-refractivity contribution in [1.29, 1.82) is 0 Å². The fraction of sp³-hybridized carbons (Fsp3) is 0.632. The Morgan fingerprint density at radius 3 is 2.69 bits per heavy atom. The smallest absolute Gasteiger partial charge is 0.230 e. The maximum absolute atomic E-state index is 12.6. The first-order chi connectivity index (χ1) is 12.4. The molecular weight excluding hydrogens is 330 g/mol. The number of hydrogen-bond acceptors (Lipinski definition) is 5. The van der Waals surface area contributed by atoms with E-state index in [0.29, 0.717) is 17.9 Å². The number of likely N-dealkylation sites (tertiary alicyclic amines) is 1. The third-order valence-electron chi connectivity index (χ3n) is 6.20. The maximum atomic E-state index is 12.6. The van der Waals surface area contributed by atoms with Gasteiger partial charge in [-0.25, -0.2) is 9.97 Å². The van der Waals surface area contributed by atoms with Gasteiger partial charge in [0.15, 0.2) is 0 Å². The number of rotatable bonds is 4. The van der Waals surface area contributed by atoms with Crippen molar-refractivity contribution < 1.29 is 9.90 Å². The second kappa shape index (κ2) is 6.23. The number of carbonyl (C=O) groups is 1. The number of nitrogens with one attached hydrogen (secondary N) is 1. The molecule has 1 unspecified atom stereocenters. The Labute approximate surface area is 153 Å². The molecule has 4 rings (SSSR count). The molecule has 2 aromatic rings. The second-order valence-corrected chi connectivity index (χ2v) is 8.45. The van der Waals surface area contributed by atoms with Crippen LogP contribution in [-0.2, 0) is 4.79 Å². The normalized spacial score (nSPS) is 25.7. The van der Waals surface area contributed by atoms with Crippen LogP contribution in [-0.4, -0.2) is 63.7 Å². The highest BCUT2D eigenvalue weighted by atomic mass is 16.3. The van der Waals surface area contributed by atoms with Gasteiger partial charge in [0.05, 0.1) is 17.4 Å². The number of anilines is 1. The van der Waals surface area contributed by atoms with Crippen LogP contribution >= 0.6 is 0 Å². The average Bonchev–Trinajstić information content (AvgIpc) is 3.33. The fourth-order valence-corrected chi connectivity index (χ4v) is 4.56. The number of carbonyl (C=O) groups excluding carboxylic acids is 1. The van der Waals surface area contributed by atoms with Crippen molar-refractivity contribution in [1.82, 2.24) is 19.9 Å². The van der Waals surface area contributed by atoms with E-state index in [2.05, 4.69) is 26.9 Å². The molecule has 1 aliphatic carbocycles. The van der Waals surface area contributed by atoms with Crippen LogP contribution in [0.3, 0.4) is 0 Å². The molecule has 2 aliphatic rings. The summed E-state index contributed by atoms with van der Waals surface area (Å²) in [5, 5.41) is 10.5. The summed E-state index contributed by atoms with van der Waals surface area (Å²) in [7, 11) is 2.11. The van der Waals surface area contributed by atoms with Crippen LogP contribution in [0.25, 0.3) is 11.0 Å². The third kappa shape index (κ3) is 2.74. The zero-order valence-electron chi connectivity index (χ0n) is 15.6. The molecule has 0 bridgehead atoms. The number of aliphatic hydroxyl groups is 1. The van der Waals surface area contributed by atoms with Gasteiger partial charge in [-0.15, -0.1) is 0 Å². The molecule has 1 saturated heterocycles. The summed E-state index contributed by atoms with van der Waals surface area (Å²) in [5.41, 5.74) is 0.179. The quantitative estimate of drug-likeness (QED) is 0.869. The lowest BCUT2D eigenvalue weighted by atomic mass is 9.93. The van der Waals surface area contributed by atoms with Gasteiger partial charge in [0.25, 0.3) is 0 Å². The van der Waals surface area contributed by atoms with Gasteiger partial charge in [0.1, 0.15) is 17.8 Å². The van der Waals surface area contributed by atoms with Gasteiger partial charge in [-0.2, -0.15) is 0 Å². The van der Waals surface area contributed by atoms with E-state index in [-0.39, 0.29) is 12.5 Å². The monoisotopic (exact) mass is 357 g/mol. The van der Waals surface area contributed by atoms with Crippen molar-refractivity contribution in [3.05, 3.63) is 18.6 Å². The molecule has 1 amide bonds. The molecule has 2 aromatic heterocycles. The maximum Gasteiger partial charge on any atom is 0.230 e. The highest BCUT2D eigenvalue weighted by Gasteiger charge is 2.46. The van der Waals surface area contributed by atoms with Gasteiger partial charge in [0, 0.05) is 32.4 Å². The van der Waals surface area contributed by atoms with Crippen LogP contribution in [0, 0.1) is 17.3 Å². The van der Waals surface area contributed by atoms with Gasteiger partial charge >= 0.3 is 0 Å². The Morgan fingerprint density at radius 2 is 2.04 bits per heavy atom. The van der Waals surface area contributed by atoms with Crippen molar-refractivity contribution in [2.24, 2.45) is 17.3 Å². The zero-order chi connectivity index (χ0) is 18.5. The number of aromatic nitrogens is 3. The summed E-state index contributed by atoms with van der Waals surface area (Å²) >= 11 is 0. The molecular formula is C19H27N5O2. The first kappa shape index (κ1) is 17.3. The second-order valence-electron chi connectivity index (χ2n) is 8.45. The molecule has 26 heavy (non-hydrogen) atoms. The SMILES string of the molecule is CN(c1ncnc2[nH]ccc12)C1C[C@@H]2CN(C(=O)C(C)(C)CO)C[C@@H]2C1. The fourth-order valence-electron chi connectivity index (χ4n) is 4.56. The van der Waals surface area contributed by atoms with Crippen molar-refractivity contribution in [2.45, 2.75) is 32.7 Å². The minimum atomic E-state index is -0.685. The minimum Gasteiger partial charge on any atom is -0.395 e. The molecule has 0 aromatic carbocycles. The Hall–Kier alpha value is -2.15. The number of aliphatic hydroxyl groups excluding tert-OH is 1. The van der Waals surface area contributed by atoms with E-state index in [4.69, 9.17) is 0 Å². The van der Waals surface area contributed by atoms with Crippen LogP contribution in [0.15, 0.2) is 18.6 Å². The lowest BCUT2D eigenvalue weighted by molar-refractivity contribution is -0.141. The standard InChI is InChI=1S/C19H27N5O2/c1-19(2,10-25)18(26)24-8-12-6-14(7-13(12)9-24)23(3)17-15-4-5-20-16(15)21-11-22-17/h4-5,11-14,25H,6-10H2,1-3H3,(H,20,21,22)/t12-,13+,14?. The Balaban J connectivity index is 1.45. The number of aromatic amines is 1. The molecule has 2 fully saturated rings. The van der Waals surface area contributed by atoms with Gasteiger partial charge in [-0.05, 0) is 44.6 Å². The molecule has 7 nitrogen and oxygen atoms in total. The molecule has 2 N–H and O–H groups in total. The largest absolute Gasteiger partial charge is 0.395 e. The highest BCUT2D eigenvalue weighted by Crippen LogP contribution is 2.42. The minimum absolute atomic E-state index is 0.0733. The summed E-state index contributed by atoms with van der Waals surface area (Å²) in [4.78, 5) is 28.8. The van der Waals surface area contributed by atoms with Crippen molar-refractivity contribution in [3.8, 4) is 0 Å². The number of amides is 1.